The maximum Gasteiger partial charge on any atom is 0.406 e. The average molecular weight is 284 g/mol. The highest BCUT2D eigenvalue weighted by molar-refractivity contribution is 7.89. The number of hydrogen-bond donors (Lipinski definition) is 2. The zero-order valence-corrected chi connectivity index (χ0v) is 10.0. The third-order valence-electron chi connectivity index (χ3n) is 1.30. The van der Waals surface area contributed by atoms with E-state index in [0.29, 0.717) is 12.5 Å². The summed E-state index contributed by atoms with van der Waals surface area (Å²) < 4.78 is 82.1. The molecule has 0 aromatic heterocycles. The van der Waals surface area contributed by atoms with E-state index < -0.39 is 38.8 Å². The molecule has 0 spiro atoms. The molecule has 0 saturated heterocycles. The minimum Gasteiger partial charge on any atom is -0.214 e. The summed E-state index contributed by atoms with van der Waals surface area (Å²) in [6.07, 6.45) is -3.66. The number of hydrogen-bond acceptors (Lipinski definition) is 4. The van der Waals surface area contributed by atoms with Crippen LogP contribution in [-0.2, 0) is 20.0 Å². The van der Waals surface area contributed by atoms with Crippen LogP contribution in [-0.4, -0.2) is 48.1 Å². The Labute approximate surface area is 91.3 Å². The quantitative estimate of drug-likeness (QED) is 0.678. The molecule has 0 aliphatic heterocycles. The Hall–Kier alpha value is -0.390. The number of rotatable bonds is 5. The summed E-state index contributed by atoms with van der Waals surface area (Å²) in [5.74, 6) is 0. The molecular weight excluding hydrogens is 273 g/mol. The minimum atomic E-state index is -4.87. The third-order valence-corrected chi connectivity index (χ3v) is 2.70. The predicted molar refractivity (Wildman–Crippen MR) is 50.7 cm³/mol. The van der Waals surface area contributed by atoms with Crippen molar-refractivity contribution < 1.29 is 30.0 Å². The molecule has 0 aromatic rings. The molecule has 0 radical (unpaired) electrons. The van der Waals surface area contributed by atoms with Gasteiger partial charge in [-0.25, -0.2) is 26.3 Å². The Morgan fingerprint density at radius 1 is 1.06 bits per heavy atom. The first-order chi connectivity index (χ1) is 6.81. The molecule has 16 heavy (non-hydrogen) atoms. The first-order valence-electron chi connectivity index (χ1n) is 3.80. The fourth-order valence-electron chi connectivity index (χ4n) is 0.717. The fraction of sp³-hybridized carbons (Fsp3) is 1.00. The van der Waals surface area contributed by atoms with E-state index in [-0.39, 0.29) is 0 Å². The normalized spacial score (nSPS) is 16.1. The van der Waals surface area contributed by atoms with Gasteiger partial charge in [0.2, 0.25) is 20.0 Å². The van der Waals surface area contributed by atoms with Crippen LogP contribution in [0.25, 0.3) is 0 Å². The Morgan fingerprint density at radius 3 is 1.75 bits per heavy atom. The second-order valence-electron chi connectivity index (χ2n) is 3.10. The van der Waals surface area contributed by atoms with Gasteiger partial charge in [-0.3, -0.25) is 0 Å². The zero-order chi connectivity index (χ0) is 13.2. The summed E-state index contributed by atoms with van der Waals surface area (Å²) in [5.41, 5.74) is 0. The summed E-state index contributed by atoms with van der Waals surface area (Å²) in [6.45, 7) is -1.09. The monoisotopic (exact) mass is 284 g/mol. The van der Waals surface area contributed by atoms with E-state index in [0.717, 1.165) is 0 Å². The molecule has 0 amide bonds. The Kier molecular flexibility index (Phi) is 4.74. The van der Waals surface area contributed by atoms with Gasteiger partial charge in [0.15, 0.2) is 0 Å². The summed E-state index contributed by atoms with van der Waals surface area (Å²) >= 11 is 0. The summed E-state index contributed by atoms with van der Waals surface area (Å²) in [6, 6.07) is -2.49. The van der Waals surface area contributed by atoms with Crippen LogP contribution in [0.1, 0.15) is 0 Å². The number of sulfonamides is 2. The van der Waals surface area contributed by atoms with Crippen LogP contribution >= 0.6 is 0 Å². The second-order valence-corrected chi connectivity index (χ2v) is 6.72. The van der Waals surface area contributed by atoms with Gasteiger partial charge < -0.3 is 0 Å². The van der Waals surface area contributed by atoms with Gasteiger partial charge in [-0.15, -0.1) is 0 Å². The van der Waals surface area contributed by atoms with Gasteiger partial charge in [0.05, 0.1) is 12.5 Å². The molecule has 2 N–H and O–H groups in total. The van der Waals surface area contributed by atoms with E-state index in [1.807, 2.05) is 0 Å². The van der Waals surface area contributed by atoms with Crippen LogP contribution in [0, 0.1) is 0 Å². The van der Waals surface area contributed by atoms with Crippen LogP contribution in [0.3, 0.4) is 0 Å². The SMILES string of the molecule is CS(=O)(=O)NCC(NS(C)(=O)=O)C(F)(F)F. The Bertz CT molecular complexity index is 427. The highest BCUT2D eigenvalue weighted by atomic mass is 32.2. The standard InChI is InChI=1S/C5H11F3N2O4S2/c1-15(11,12)9-3-4(5(6,7)8)10-16(2,13)14/h4,9-10H,3H2,1-2H3. The topological polar surface area (TPSA) is 92.3 Å². The lowest BCUT2D eigenvalue weighted by atomic mass is 10.3. The van der Waals surface area contributed by atoms with Crippen LogP contribution in [0.15, 0.2) is 0 Å². The van der Waals surface area contributed by atoms with Crippen molar-refractivity contribution in [3.8, 4) is 0 Å². The molecular formula is C5H11F3N2O4S2. The first-order valence-corrected chi connectivity index (χ1v) is 7.58. The maximum absolute atomic E-state index is 12.3. The van der Waals surface area contributed by atoms with Gasteiger partial charge >= 0.3 is 6.18 Å². The summed E-state index contributed by atoms with van der Waals surface area (Å²) in [4.78, 5) is 0. The largest absolute Gasteiger partial charge is 0.406 e. The molecule has 1 unspecified atom stereocenters. The molecule has 0 aliphatic carbocycles. The third kappa shape index (κ3) is 7.84. The molecule has 11 heteroatoms. The summed E-state index contributed by atoms with van der Waals surface area (Å²) in [5, 5.41) is 0. The van der Waals surface area contributed by atoms with Gasteiger partial charge in [-0.1, -0.05) is 0 Å². The van der Waals surface area contributed by atoms with E-state index in [9.17, 15) is 30.0 Å². The average Bonchev–Trinajstić information content (AvgIpc) is 1.91. The predicted octanol–water partition coefficient (Wildman–Crippen LogP) is -0.984. The minimum absolute atomic E-state index is 0.548. The highest BCUT2D eigenvalue weighted by Gasteiger charge is 2.41. The molecule has 0 saturated carbocycles. The molecule has 0 heterocycles. The molecule has 0 fully saturated rings. The molecule has 98 valence electrons. The molecule has 0 aliphatic rings. The van der Waals surface area contributed by atoms with Crippen molar-refractivity contribution in [2.24, 2.45) is 0 Å². The van der Waals surface area contributed by atoms with Crippen LogP contribution in [0.4, 0.5) is 13.2 Å². The lowest BCUT2D eigenvalue weighted by molar-refractivity contribution is -0.149. The summed E-state index contributed by atoms with van der Waals surface area (Å²) in [7, 11) is -7.90. The van der Waals surface area contributed by atoms with Gasteiger partial charge in [-0.05, 0) is 0 Å². The van der Waals surface area contributed by atoms with Crippen molar-refractivity contribution in [2.75, 3.05) is 19.1 Å². The molecule has 0 rings (SSSR count). The lowest BCUT2D eigenvalue weighted by Crippen LogP contribution is -2.51. The maximum atomic E-state index is 12.3. The van der Waals surface area contributed by atoms with Crippen LogP contribution in [0.5, 0.6) is 0 Å². The second kappa shape index (κ2) is 4.85. The van der Waals surface area contributed by atoms with Gasteiger partial charge in [0.25, 0.3) is 0 Å². The molecule has 0 bridgehead atoms. The van der Waals surface area contributed by atoms with Crippen molar-refractivity contribution >= 4 is 20.0 Å². The van der Waals surface area contributed by atoms with Gasteiger partial charge in [0, 0.05) is 6.54 Å². The fourth-order valence-corrected chi connectivity index (χ4v) is 1.92. The van der Waals surface area contributed by atoms with Crippen molar-refractivity contribution in [1.29, 1.82) is 0 Å². The van der Waals surface area contributed by atoms with E-state index in [1.165, 1.54) is 4.72 Å². The number of nitrogens with one attached hydrogen (secondary N) is 2. The smallest absolute Gasteiger partial charge is 0.214 e. The van der Waals surface area contributed by atoms with E-state index in [1.54, 1.807) is 4.72 Å². The van der Waals surface area contributed by atoms with Crippen LogP contribution in [0.2, 0.25) is 0 Å². The van der Waals surface area contributed by atoms with Gasteiger partial charge in [-0.2, -0.15) is 13.2 Å². The van der Waals surface area contributed by atoms with Crippen molar-refractivity contribution in [1.82, 2.24) is 9.44 Å². The van der Waals surface area contributed by atoms with Crippen molar-refractivity contribution in [3.63, 3.8) is 0 Å². The molecule has 1 atom stereocenters. The van der Waals surface area contributed by atoms with Crippen molar-refractivity contribution in [3.05, 3.63) is 0 Å². The van der Waals surface area contributed by atoms with Crippen molar-refractivity contribution in [2.45, 2.75) is 12.2 Å². The van der Waals surface area contributed by atoms with E-state index in [2.05, 4.69) is 0 Å². The van der Waals surface area contributed by atoms with E-state index in [4.69, 9.17) is 0 Å². The first kappa shape index (κ1) is 15.6. The molecule has 0 aromatic carbocycles. The molecule has 6 nitrogen and oxygen atoms in total. The van der Waals surface area contributed by atoms with E-state index >= 15 is 0 Å². The van der Waals surface area contributed by atoms with Gasteiger partial charge in [0.1, 0.15) is 6.04 Å². The zero-order valence-electron chi connectivity index (χ0n) is 8.37. The van der Waals surface area contributed by atoms with Crippen LogP contribution < -0.4 is 9.44 Å². The highest BCUT2D eigenvalue weighted by Crippen LogP contribution is 2.20. The lowest BCUT2D eigenvalue weighted by Gasteiger charge is -2.20. The number of alkyl halides is 3. The Balaban J connectivity index is 4.72. The Morgan fingerprint density at radius 2 is 1.50 bits per heavy atom. The number of halogens is 3.